The van der Waals surface area contributed by atoms with E-state index < -0.39 is 0 Å². The van der Waals surface area contributed by atoms with Crippen molar-refractivity contribution < 1.29 is 4.74 Å². The third kappa shape index (κ3) is 10.2. The Hall–Kier alpha value is -1.24. The second-order valence-electron chi connectivity index (χ2n) is 5.94. The van der Waals surface area contributed by atoms with Gasteiger partial charge in [-0.25, -0.2) is 0 Å². The Balaban J connectivity index is 1.97. The number of hydrogen-bond donors (Lipinski definition) is 0. The van der Waals surface area contributed by atoms with Crippen molar-refractivity contribution in [2.45, 2.75) is 71.6 Å². The quantitative estimate of drug-likeness (QED) is 0.324. The lowest BCUT2D eigenvalue weighted by Gasteiger charge is -2.05. The van der Waals surface area contributed by atoms with Gasteiger partial charge in [0.05, 0.1) is 12.9 Å². The summed E-state index contributed by atoms with van der Waals surface area (Å²) >= 11 is 0. The molecule has 0 saturated carbocycles. The summed E-state index contributed by atoms with van der Waals surface area (Å²) in [6.45, 7) is 5.23. The van der Waals surface area contributed by atoms with E-state index >= 15 is 0 Å². The first-order chi connectivity index (χ1) is 10.3. The minimum atomic E-state index is 0.776. The third-order valence-corrected chi connectivity index (χ3v) is 3.81. The molecule has 1 aromatic rings. The molecule has 0 aromatic heterocycles. The minimum absolute atomic E-state index is 0.776. The van der Waals surface area contributed by atoms with Gasteiger partial charge in [-0.05, 0) is 30.9 Å². The van der Waals surface area contributed by atoms with Crippen LogP contribution < -0.4 is 0 Å². The van der Waals surface area contributed by atoms with E-state index in [2.05, 4.69) is 44.2 Å². The maximum Gasteiger partial charge on any atom is 0.0913 e. The molecule has 0 fully saturated rings. The molecule has 0 N–H and O–H groups in total. The molecule has 0 bridgehead atoms. The molecule has 0 aliphatic heterocycles. The zero-order valence-corrected chi connectivity index (χ0v) is 13.9. The van der Waals surface area contributed by atoms with E-state index in [1.54, 1.807) is 0 Å². The highest BCUT2D eigenvalue weighted by atomic mass is 16.5. The molecular formula is C20H32O. The van der Waals surface area contributed by atoms with Crippen LogP contribution in [0.1, 0.15) is 70.8 Å². The van der Waals surface area contributed by atoms with Crippen LogP contribution in [0.2, 0.25) is 0 Å². The molecule has 21 heavy (non-hydrogen) atoms. The second-order valence-corrected chi connectivity index (χ2v) is 5.94. The summed E-state index contributed by atoms with van der Waals surface area (Å²) in [5, 5.41) is 0. The number of allylic oxidation sites excluding steroid dienone is 1. The van der Waals surface area contributed by atoms with Gasteiger partial charge in [0.1, 0.15) is 0 Å². The Morgan fingerprint density at radius 3 is 2.33 bits per heavy atom. The number of benzene rings is 1. The molecule has 118 valence electrons. The third-order valence-electron chi connectivity index (χ3n) is 3.81. The Morgan fingerprint density at radius 1 is 0.952 bits per heavy atom. The lowest BCUT2D eigenvalue weighted by Crippen LogP contribution is -1.94. The van der Waals surface area contributed by atoms with Crippen molar-refractivity contribution in [1.29, 1.82) is 0 Å². The van der Waals surface area contributed by atoms with Crippen molar-refractivity contribution in [2.24, 2.45) is 0 Å². The van der Waals surface area contributed by atoms with Gasteiger partial charge in [-0.1, -0.05) is 75.8 Å². The van der Waals surface area contributed by atoms with Crippen molar-refractivity contribution in [2.75, 3.05) is 6.61 Å². The van der Waals surface area contributed by atoms with Crippen LogP contribution in [0, 0.1) is 0 Å². The first kappa shape index (κ1) is 17.8. The standard InChI is InChI=1S/C20H32O/c1-3-4-5-6-7-8-10-13-19(2)18-21-17-16-20-14-11-9-12-15-20/h9,11-12,14-15,18H,3-8,10,13,16-17H2,1-2H3/b19-18-. The molecule has 1 aromatic carbocycles. The van der Waals surface area contributed by atoms with Gasteiger partial charge in [-0.3, -0.25) is 0 Å². The molecule has 0 aliphatic carbocycles. The zero-order chi connectivity index (χ0) is 15.2. The molecule has 0 atom stereocenters. The van der Waals surface area contributed by atoms with Crippen molar-refractivity contribution >= 4 is 0 Å². The topological polar surface area (TPSA) is 9.23 Å². The van der Waals surface area contributed by atoms with Crippen LogP contribution in [0.15, 0.2) is 42.2 Å². The zero-order valence-electron chi connectivity index (χ0n) is 13.9. The summed E-state index contributed by atoms with van der Waals surface area (Å²) < 4.78 is 5.65. The smallest absolute Gasteiger partial charge is 0.0913 e. The lowest BCUT2D eigenvalue weighted by molar-refractivity contribution is 0.249. The van der Waals surface area contributed by atoms with E-state index in [1.807, 2.05) is 6.26 Å². The molecule has 1 rings (SSSR count). The molecule has 0 saturated heterocycles. The maximum atomic E-state index is 5.65. The van der Waals surface area contributed by atoms with Crippen LogP contribution in [-0.4, -0.2) is 6.61 Å². The van der Waals surface area contributed by atoms with Gasteiger partial charge in [-0.2, -0.15) is 0 Å². The predicted octanol–water partition coefficient (Wildman–Crippen LogP) is 6.29. The summed E-state index contributed by atoms with van der Waals surface area (Å²) in [5.74, 6) is 0. The number of rotatable bonds is 12. The molecule has 0 radical (unpaired) electrons. The summed E-state index contributed by atoms with van der Waals surface area (Å²) in [5.41, 5.74) is 2.72. The minimum Gasteiger partial charge on any atom is -0.501 e. The second kappa shape index (κ2) is 12.5. The average molecular weight is 288 g/mol. The highest BCUT2D eigenvalue weighted by Gasteiger charge is 1.94. The van der Waals surface area contributed by atoms with Gasteiger partial charge in [0.2, 0.25) is 0 Å². The maximum absolute atomic E-state index is 5.65. The number of hydrogen-bond acceptors (Lipinski definition) is 1. The van der Waals surface area contributed by atoms with E-state index in [0.717, 1.165) is 13.0 Å². The number of unbranched alkanes of at least 4 members (excludes halogenated alkanes) is 6. The van der Waals surface area contributed by atoms with Crippen LogP contribution >= 0.6 is 0 Å². The fourth-order valence-electron chi connectivity index (χ4n) is 2.44. The number of ether oxygens (including phenoxy) is 1. The Labute approximate surface area is 131 Å². The van der Waals surface area contributed by atoms with Gasteiger partial charge >= 0.3 is 0 Å². The van der Waals surface area contributed by atoms with Crippen molar-refractivity contribution in [1.82, 2.24) is 0 Å². The van der Waals surface area contributed by atoms with E-state index in [-0.39, 0.29) is 0 Å². The van der Waals surface area contributed by atoms with Gasteiger partial charge in [0, 0.05) is 6.42 Å². The first-order valence-electron chi connectivity index (χ1n) is 8.64. The monoisotopic (exact) mass is 288 g/mol. The molecule has 1 heteroatoms. The van der Waals surface area contributed by atoms with Crippen LogP contribution in [0.5, 0.6) is 0 Å². The van der Waals surface area contributed by atoms with Crippen LogP contribution in [-0.2, 0) is 11.2 Å². The summed E-state index contributed by atoms with van der Waals surface area (Å²) in [7, 11) is 0. The van der Waals surface area contributed by atoms with E-state index in [0.29, 0.717) is 0 Å². The summed E-state index contributed by atoms with van der Waals surface area (Å²) in [6.07, 6.45) is 13.7. The Morgan fingerprint density at radius 2 is 1.62 bits per heavy atom. The van der Waals surface area contributed by atoms with Gasteiger partial charge < -0.3 is 4.74 Å². The normalized spacial score (nSPS) is 11.6. The van der Waals surface area contributed by atoms with Crippen molar-refractivity contribution in [3.8, 4) is 0 Å². The molecule has 0 unspecified atom stereocenters. The Bertz CT molecular complexity index is 367. The van der Waals surface area contributed by atoms with Crippen molar-refractivity contribution in [3.05, 3.63) is 47.7 Å². The lowest BCUT2D eigenvalue weighted by atomic mass is 10.1. The summed E-state index contributed by atoms with van der Waals surface area (Å²) in [6, 6.07) is 10.5. The van der Waals surface area contributed by atoms with Crippen LogP contribution in [0.4, 0.5) is 0 Å². The Kier molecular flexibility index (Phi) is 10.6. The molecular weight excluding hydrogens is 256 g/mol. The first-order valence-corrected chi connectivity index (χ1v) is 8.64. The predicted molar refractivity (Wildman–Crippen MR) is 92.5 cm³/mol. The van der Waals surface area contributed by atoms with Crippen molar-refractivity contribution in [3.63, 3.8) is 0 Å². The van der Waals surface area contributed by atoms with Gasteiger partial charge in [-0.15, -0.1) is 0 Å². The van der Waals surface area contributed by atoms with Gasteiger partial charge in [0.15, 0.2) is 0 Å². The summed E-state index contributed by atoms with van der Waals surface area (Å²) in [4.78, 5) is 0. The molecule has 0 amide bonds. The van der Waals surface area contributed by atoms with Crippen LogP contribution in [0.25, 0.3) is 0 Å². The average Bonchev–Trinajstić information content (AvgIpc) is 2.52. The van der Waals surface area contributed by atoms with E-state index in [4.69, 9.17) is 4.74 Å². The van der Waals surface area contributed by atoms with Gasteiger partial charge in [0.25, 0.3) is 0 Å². The molecule has 0 spiro atoms. The fourth-order valence-corrected chi connectivity index (χ4v) is 2.44. The van der Waals surface area contributed by atoms with E-state index in [9.17, 15) is 0 Å². The SMILES string of the molecule is CCCCCCCCC/C(C)=C\OCCc1ccccc1. The molecule has 0 aliphatic rings. The van der Waals surface area contributed by atoms with E-state index in [1.165, 1.54) is 62.5 Å². The highest BCUT2D eigenvalue weighted by molar-refractivity contribution is 5.14. The highest BCUT2D eigenvalue weighted by Crippen LogP contribution is 2.12. The van der Waals surface area contributed by atoms with Crippen LogP contribution in [0.3, 0.4) is 0 Å². The molecule has 1 nitrogen and oxygen atoms in total. The fraction of sp³-hybridized carbons (Fsp3) is 0.600. The molecule has 0 heterocycles. The largest absolute Gasteiger partial charge is 0.501 e.